The van der Waals surface area contributed by atoms with Crippen molar-refractivity contribution in [1.29, 1.82) is 0 Å². The van der Waals surface area contributed by atoms with Crippen LogP contribution in [0.2, 0.25) is 0 Å². The molecule has 3 N–H and O–H groups in total. The van der Waals surface area contributed by atoms with Gasteiger partial charge in [0.1, 0.15) is 0 Å². The van der Waals surface area contributed by atoms with Gasteiger partial charge in [-0.3, -0.25) is 0 Å². The Kier molecular flexibility index (Phi) is 4.82. The van der Waals surface area contributed by atoms with Crippen molar-refractivity contribution in [2.24, 2.45) is 0 Å². The topological polar surface area (TPSA) is 64.3 Å². The molecule has 0 saturated heterocycles. The lowest BCUT2D eigenvalue weighted by Gasteiger charge is -2.19. The molecule has 4 nitrogen and oxygen atoms in total. The predicted octanol–water partition coefficient (Wildman–Crippen LogP) is 2.66. The molecule has 0 aliphatic heterocycles. The molecule has 0 aromatic heterocycles. The fourth-order valence-electron chi connectivity index (χ4n) is 1.71. The zero-order valence-corrected chi connectivity index (χ0v) is 10.6. The SMILES string of the molecule is CCC(CC)Nc1c(N)cccc1C(=O)OC. The number of carbonyl (C=O) groups is 1. The molecule has 17 heavy (non-hydrogen) atoms. The minimum atomic E-state index is -0.370. The Morgan fingerprint density at radius 1 is 1.41 bits per heavy atom. The smallest absolute Gasteiger partial charge is 0.340 e. The Balaban J connectivity index is 3.07. The molecule has 4 heteroatoms. The number of rotatable bonds is 5. The maximum atomic E-state index is 11.6. The summed E-state index contributed by atoms with van der Waals surface area (Å²) < 4.78 is 4.75. The number of benzene rings is 1. The molecule has 0 fully saturated rings. The summed E-state index contributed by atoms with van der Waals surface area (Å²) in [5.74, 6) is -0.370. The molecule has 0 heterocycles. The van der Waals surface area contributed by atoms with Crippen molar-refractivity contribution < 1.29 is 9.53 Å². The fraction of sp³-hybridized carbons (Fsp3) is 0.462. The fourth-order valence-corrected chi connectivity index (χ4v) is 1.71. The largest absolute Gasteiger partial charge is 0.465 e. The molecule has 1 rings (SSSR count). The first-order valence-corrected chi connectivity index (χ1v) is 5.87. The highest BCUT2D eigenvalue weighted by Gasteiger charge is 2.16. The van der Waals surface area contributed by atoms with Crippen LogP contribution < -0.4 is 11.1 Å². The minimum Gasteiger partial charge on any atom is -0.465 e. The number of nitrogens with two attached hydrogens (primary N) is 1. The third kappa shape index (κ3) is 3.12. The van der Waals surface area contributed by atoms with Gasteiger partial charge in [-0.2, -0.15) is 0 Å². The number of hydrogen-bond donors (Lipinski definition) is 2. The van der Waals surface area contributed by atoms with Gasteiger partial charge in [-0.1, -0.05) is 19.9 Å². The molecule has 0 unspecified atom stereocenters. The van der Waals surface area contributed by atoms with Gasteiger partial charge < -0.3 is 15.8 Å². The molecule has 0 bridgehead atoms. The average Bonchev–Trinajstić information content (AvgIpc) is 2.36. The number of para-hydroxylation sites is 1. The first-order chi connectivity index (χ1) is 8.13. The van der Waals surface area contributed by atoms with E-state index in [1.807, 2.05) is 0 Å². The van der Waals surface area contributed by atoms with E-state index in [-0.39, 0.29) is 5.97 Å². The van der Waals surface area contributed by atoms with Crippen molar-refractivity contribution >= 4 is 17.3 Å². The summed E-state index contributed by atoms with van der Waals surface area (Å²) in [6.07, 6.45) is 1.96. The quantitative estimate of drug-likeness (QED) is 0.609. The van der Waals surface area contributed by atoms with Crippen molar-refractivity contribution in [3.63, 3.8) is 0 Å². The third-order valence-corrected chi connectivity index (χ3v) is 2.84. The first-order valence-electron chi connectivity index (χ1n) is 5.87. The van der Waals surface area contributed by atoms with Crippen molar-refractivity contribution in [3.05, 3.63) is 23.8 Å². The van der Waals surface area contributed by atoms with Gasteiger partial charge in [-0.05, 0) is 25.0 Å². The van der Waals surface area contributed by atoms with Gasteiger partial charge in [0.15, 0.2) is 0 Å². The summed E-state index contributed by atoms with van der Waals surface area (Å²) in [6.45, 7) is 4.19. The molecule has 0 saturated carbocycles. The predicted molar refractivity (Wildman–Crippen MR) is 70.2 cm³/mol. The van der Waals surface area contributed by atoms with Gasteiger partial charge in [0.05, 0.1) is 24.0 Å². The van der Waals surface area contributed by atoms with E-state index in [9.17, 15) is 4.79 Å². The molecule has 0 spiro atoms. The van der Waals surface area contributed by atoms with Gasteiger partial charge in [0, 0.05) is 6.04 Å². The number of methoxy groups -OCH3 is 1. The van der Waals surface area contributed by atoms with Gasteiger partial charge in [0.25, 0.3) is 0 Å². The lowest BCUT2D eigenvalue weighted by atomic mass is 10.1. The summed E-state index contributed by atoms with van der Waals surface area (Å²) in [5.41, 5.74) is 7.63. The maximum absolute atomic E-state index is 11.6. The van der Waals surface area contributed by atoms with E-state index in [0.29, 0.717) is 23.0 Å². The van der Waals surface area contributed by atoms with Crippen molar-refractivity contribution in [2.75, 3.05) is 18.2 Å². The standard InChI is InChI=1S/C13H20N2O2/c1-4-9(5-2)15-12-10(13(16)17-3)7-6-8-11(12)14/h6-9,15H,4-5,14H2,1-3H3. The Morgan fingerprint density at radius 2 is 2.06 bits per heavy atom. The second-order valence-corrected chi connectivity index (χ2v) is 3.92. The summed E-state index contributed by atoms with van der Waals surface area (Å²) in [6, 6.07) is 5.55. The molecule has 0 atom stereocenters. The summed E-state index contributed by atoms with van der Waals surface area (Å²) in [5, 5.41) is 3.30. The van der Waals surface area contributed by atoms with Crippen molar-refractivity contribution in [2.45, 2.75) is 32.7 Å². The Labute approximate surface area is 102 Å². The molecule has 94 valence electrons. The van der Waals surface area contributed by atoms with Crippen LogP contribution in [0.15, 0.2) is 18.2 Å². The van der Waals surface area contributed by atoms with Crippen LogP contribution in [0.1, 0.15) is 37.0 Å². The van der Waals surface area contributed by atoms with Gasteiger partial charge in [0.2, 0.25) is 0 Å². The maximum Gasteiger partial charge on any atom is 0.340 e. The van der Waals surface area contributed by atoms with Crippen LogP contribution in [0.4, 0.5) is 11.4 Å². The number of nitrogen functional groups attached to an aromatic ring is 1. The van der Waals surface area contributed by atoms with Crippen LogP contribution in [-0.2, 0) is 4.74 Å². The van der Waals surface area contributed by atoms with Crippen LogP contribution in [0.5, 0.6) is 0 Å². The molecular weight excluding hydrogens is 216 g/mol. The molecular formula is C13H20N2O2. The van der Waals surface area contributed by atoms with Gasteiger partial charge in [-0.25, -0.2) is 4.79 Å². The van der Waals surface area contributed by atoms with E-state index in [1.165, 1.54) is 7.11 Å². The summed E-state index contributed by atoms with van der Waals surface area (Å²) in [4.78, 5) is 11.6. The monoisotopic (exact) mass is 236 g/mol. The highest BCUT2D eigenvalue weighted by atomic mass is 16.5. The molecule has 1 aromatic carbocycles. The molecule has 0 amide bonds. The van der Waals surface area contributed by atoms with E-state index in [2.05, 4.69) is 19.2 Å². The Hall–Kier alpha value is -1.71. The lowest BCUT2D eigenvalue weighted by molar-refractivity contribution is 0.0602. The summed E-state index contributed by atoms with van der Waals surface area (Å²) in [7, 11) is 1.37. The highest BCUT2D eigenvalue weighted by Crippen LogP contribution is 2.25. The van der Waals surface area contributed by atoms with E-state index >= 15 is 0 Å². The molecule has 0 aliphatic rings. The molecule has 1 aromatic rings. The summed E-state index contributed by atoms with van der Waals surface area (Å²) >= 11 is 0. The van der Waals surface area contributed by atoms with Gasteiger partial charge in [-0.15, -0.1) is 0 Å². The third-order valence-electron chi connectivity index (χ3n) is 2.84. The van der Waals surface area contributed by atoms with Crippen molar-refractivity contribution in [1.82, 2.24) is 0 Å². The van der Waals surface area contributed by atoms with E-state index < -0.39 is 0 Å². The zero-order chi connectivity index (χ0) is 12.8. The zero-order valence-electron chi connectivity index (χ0n) is 10.6. The number of nitrogens with one attached hydrogen (secondary N) is 1. The number of ether oxygens (including phenoxy) is 1. The van der Waals surface area contributed by atoms with Crippen LogP contribution in [0.25, 0.3) is 0 Å². The number of hydrogen-bond acceptors (Lipinski definition) is 4. The second-order valence-electron chi connectivity index (χ2n) is 3.92. The van der Waals surface area contributed by atoms with Crippen LogP contribution in [-0.4, -0.2) is 19.1 Å². The highest BCUT2D eigenvalue weighted by molar-refractivity contribution is 5.98. The van der Waals surface area contributed by atoms with Gasteiger partial charge >= 0.3 is 5.97 Å². The average molecular weight is 236 g/mol. The second kappa shape index (κ2) is 6.13. The van der Waals surface area contributed by atoms with E-state index in [1.54, 1.807) is 18.2 Å². The number of esters is 1. The number of anilines is 2. The normalized spacial score (nSPS) is 10.4. The van der Waals surface area contributed by atoms with E-state index in [0.717, 1.165) is 12.8 Å². The molecule has 0 aliphatic carbocycles. The van der Waals surface area contributed by atoms with Crippen LogP contribution in [0, 0.1) is 0 Å². The number of carbonyl (C=O) groups excluding carboxylic acids is 1. The van der Waals surface area contributed by atoms with Crippen LogP contribution >= 0.6 is 0 Å². The Bertz CT molecular complexity index is 387. The minimum absolute atomic E-state index is 0.308. The molecule has 0 radical (unpaired) electrons. The first kappa shape index (κ1) is 13.4. The van der Waals surface area contributed by atoms with Crippen molar-refractivity contribution in [3.8, 4) is 0 Å². The van der Waals surface area contributed by atoms with E-state index in [4.69, 9.17) is 10.5 Å². The lowest BCUT2D eigenvalue weighted by Crippen LogP contribution is -2.20. The van der Waals surface area contributed by atoms with Crippen LogP contribution in [0.3, 0.4) is 0 Å². The Morgan fingerprint density at radius 3 is 2.59 bits per heavy atom.